The Morgan fingerprint density at radius 2 is 1.62 bits per heavy atom. The van der Waals surface area contributed by atoms with E-state index < -0.39 is 0 Å². The summed E-state index contributed by atoms with van der Waals surface area (Å²) in [4.78, 5) is 0. The highest BCUT2D eigenvalue weighted by atomic mass is 16.5. The minimum Gasteiger partial charge on any atom is -0.493 e. The van der Waals surface area contributed by atoms with Crippen molar-refractivity contribution in [1.29, 1.82) is 0 Å². The van der Waals surface area contributed by atoms with Crippen molar-refractivity contribution in [3.8, 4) is 5.75 Å². The average Bonchev–Trinajstić information content (AvgIpc) is 2.81. The minimum atomic E-state index is -0.0869. The van der Waals surface area contributed by atoms with Crippen LogP contribution in [0.15, 0.2) is 12.1 Å². The lowest BCUT2D eigenvalue weighted by Gasteiger charge is -2.16. The molecular weight excluding hydrogens is 300 g/mol. The van der Waals surface area contributed by atoms with Gasteiger partial charge in [-0.25, -0.2) is 0 Å². The summed E-state index contributed by atoms with van der Waals surface area (Å²) in [7, 11) is 3.41. The smallest absolute Gasteiger partial charge is 0.166 e. The summed E-state index contributed by atoms with van der Waals surface area (Å²) in [5.74, 6) is 0.840. The maximum absolute atomic E-state index is 5.69. The predicted molar refractivity (Wildman–Crippen MR) is 97.9 cm³/mol. The van der Waals surface area contributed by atoms with Crippen molar-refractivity contribution in [3.05, 3.63) is 45.8 Å². The molecule has 0 amide bonds. The Hall–Kier alpha value is -1.81. The summed E-state index contributed by atoms with van der Waals surface area (Å²) in [6.07, 6.45) is 0. The molecule has 0 aliphatic rings. The lowest BCUT2D eigenvalue weighted by atomic mass is 9.91. The molecule has 2 aromatic rings. The molecule has 0 aliphatic carbocycles. The molecule has 4 heteroatoms. The van der Waals surface area contributed by atoms with E-state index in [2.05, 4.69) is 53.7 Å². The number of benzene rings is 1. The third kappa shape index (κ3) is 3.64. The Morgan fingerprint density at radius 3 is 2.08 bits per heavy atom. The van der Waals surface area contributed by atoms with Gasteiger partial charge in [0.1, 0.15) is 11.4 Å². The monoisotopic (exact) mass is 330 g/mol. The second-order valence-electron chi connectivity index (χ2n) is 7.55. The molecule has 1 aromatic carbocycles. The van der Waals surface area contributed by atoms with Gasteiger partial charge in [-0.1, -0.05) is 38.5 Å². The second-order valence-corrected chi connectivity index (χ2v) is 7.55. The Labute approximate surface area is 145 Å². The largest absolute Gasteiger partial charge is 0.493 e. The first-order chi connectivity index (χ1) is 11.2. The van der Waals surface area contributed by atoms with Crippen molar-refractivity contribution in [3.63, 3.8) is 0 Å². The molecule has 0 aliphatic heterocycles. The molecule has 1 aromatic heterocycles. The van der Waals surface area contributed by atoms with Crippen LogP contribution in [-0.2, 0) is 23.3 Å². The van der Waals surface area contributed by atoms with Gasteiger partial charge in [-0.15, -0.1) is 0 Å². The summed E-state index contributed by atoms with van der Waals surface area (Å²) in [5, 5.41) is 4.88. The molecule has 132 valence electrons. The third-order valence-electron chi connectivity index (χ3n) is 4.35. The van der Waals surface area contributed by atoms with Gasteiger partial charge in [0.25, 0.3) is 0 Å². The van der Waals surface area contributed by atoms with Gasteiger partial charge in [-0.3, -0.25) is 4.68 Å². The number of nitrogens with zero attached hydrogens (tertiary/aromatic N) is 2. The number of aryl methyl sites for hydroxylation is 3. The number of rotatable bonds is 5. The van der Waals surface area contributed by atoms with Crippen molar-refractivity contribution in [2.75, 3.05) is 14.2 Å². The lowest BCUT2D eigenvalue weighted by molar-refractivity contribution is 0.173. The molecule has 0 saturated heterocycles. The quantitative estimate of drug-likeness (QED) is 0.819. The summed E-state index contributed by atoms with van der Waals surface area (Å²) in [5.41, 5.74) is 7.06. The van der Waals surface area contributed by atoms with E-state index in [-0.39, 0.29) is 5.41 Å². The Bertz CT molecular complexity index is 701. The molecule has 0 saturated carbocycles. The highest BCUT2D eigenvalue weighted by Gasteiger charge is 2.28. The molecule has 24 heavy (non-hydrogen) atoms. The Morgan fingerprint density at radius 1 is 1.04 bits per heavy atom. The Kier molecular flexibility index (Phi) is 5.38. The fourth-order valence-electron chi connectivity index (χ4n) is 3.20. The molecule has 0 atom stereocenters. The molecule has 0 bridgehead atoms. The maximum atomic E-state index is 5.69. The van der Waals surface area contributed by atoms with Crippen LogP contribution in [-0.4, -0.2) is 24.0 Å². The van der Waals surface area contributed by atoms with Gasteiger partial charge in [0, 0.05) is 12.5 Å². The molecule has 2 rings (SSSR count). The summed E-state index contributed by atoms with van der Waals surface area (Å²) in [6, 6.07) is 4.45. The van der Waals surface area contributed by atoms with E-state index in [0.29, 0.717) is 6.61 Å². The average molecular weight is 330 g/mol. The van der Waals surface area contributed by atoms with Crippen LogP contribution < -0.4 is 4.74 Å². The minimum absolute atomic E-state index is 0.0869. The fourth-order valence-corrected chi connectivity index (χ4v) is 3.20. The van der Waals surface area contributed by atoms with Gasteiger partial charge in [-0.05, 0) is 37.5 Å². The number of methoxy groups -OCH3 is 2. The molecule has 0 radical (unpaired) electrons. The normalized spacial score (nSPS) is 11.8. The summed E-state index contributed by atoms with van der Waals surface area (Å²) >= 11 is 0. The van der Waals surface area contributed by atoms with Crippen LogP contribution in [0, 0.1) is 20.8 Å². The molecule has 1 heterocycles. The summed E-state index contributed by atoms with van der Waals surface area (Å²) in [6.45, 7) is 14.1. The predicted octanol–water partition coefficient (Wildman–Crippen LogP) is 4.31. The first-order valence-electron chi connectivity index (χ1n) is 8.38. The molecule has 0 spiro atoms. The zero-order valence-electron chi connectivity index (χ0n) is 16.3. The van der Waals surface area contributed by atoms with E-state index in [1.54, 1.807) is 14.2 Å². The molecule has 0 unspecified atom stereocenters. The van der Waals surface area contributed by atoms with Crippen molar-refractivity contribution >= 4 is 0 Å². The van der Waals surface area contributed by atoms with Crippen molar-refractivity contribution in [2.45, 2.75) is 60.1 Å². The first-order valence-corrected chi connectivity index (χ1v) is 8.38. The molecule has 4 nitrogen and oxygen atoms in total. The number of ether oxygens (including phenoxy) is 2. The van der Waals surface area contributed by atoms with Crippen LogP contribution in [0.4, 0.5) is 0 Å². The standard InChI is InChI=1S/C20H30N2O2/c1-13-9-14(2)16(15(3)10-13)11-22-17(12-23-7)18(24-8)19(21-22)20(4,5)6/h9-10H,11-12H2,1-8H3. The molecular formula is C20H30N2O2. The van der Waals surface area contributed by atoms with Crippen LogP contribution in [0.1, 0.15) is 54.4 Å². The van der Waals surface area contributed by atoms with Crippen molar-refractivity contribution in [1.82, 2.24) is 9.78 Å². The van der Waals surface area contributed by atoms with E-state index in [1.807, 2.05) is 4.68 Å². The molecule has 0 N–H and O–H groups in total. The maximum Gasteiger partial charge on any atom is 0.166 e. The van der Waals surface area contributed by atoms with Crippen molar-refractivity contribution < 1.29 is 9.47 Å². The van der Waals surface area contributed by atoms with E-state index >= 15 is 0 Å². The SMILES string of the molecule is COCc1c(OC)c(C(C)(C)C)nn1Cc1c(C)cc(C)cc1C. The lowest BCUT2D eigenvalue weighted by Crippen LogP contribution is -2.14. The number of hydrogen-bond donors (Lipinski definition) is 0. The zero-order chi connectivity index (χ0) is 18.1. The van der Waals surface area contributed by atoms with Gasteiger partial charge < -0.3 is 9.47 Å². The van der Waals surface area contributed by atoms with E-state index in [4.69, 9.17) is 14.6 Å². The van der Waals surface area contributed by atoms with Crippen LogP contribution in [0.5, 0.6) is 5.75 Å². The molecule has 0 fully saturated rings. The topological polar surface area (TPSA) is 36.3 Å². The van der Waals surface area contributed by atoms with Crippen LogP contribution >= 0.6 is 0 Å². The summed E-state index contributed by atoms with van der Waals surface area (Å²) < 4.78 is 13.1. The van der Waals surface area contributed by atoms with Gasteiger partial charge in [0.2, 0.25) is 0 Å². The third-order valence-corrected chi connectivity index (χ3v) is 4.35. The fraction of sp³-hybridized carbons (Fsp3) is 0.550. The van der Waals surface area contributed by atoms with E-state index in [1.165, 1.54) is 22.3 Å². The van der Waals surface area contributed by atoms with Gasteiger partial charge in [-0.2, -0.15) is 5.10 Å². The van der Waals surface area contributed by atoms with Gasteiger partial charge >= 0.3 is 0 Å². The van der Waals surface area contributed by atoms with Gasteiger partial charge in [0.05, 0.1) is 20.3 Å². The van der Waals surface area contributed by atoms with Gasteiger partial charge in [0.15, 0.2) is 5.75 Å². The van der Waals surface area contributed by atoms with Crippen molar-refractivity contribution in [2.24, 2.45) is 0 Å². The Balaban J connectivity index is 2.56. The highest BCUT2D eigenvalue weighted by molar-refractivity contribution is 5.41. The number of aromatic nitrogens is 2. The second kappa shape index (κ2) is 6.98. The van der Waals surface area contributed by atoms with Crippen LogP contribution in [0.3, 0.4) is 0 Å². The zero-order valence-corrected chi connectivity index (χ0v) is 16.3. The van der Waals surface area contributed by atoms with Crippen LogP contribution in [0.25, 0.3) is 0 Å². The number of hydrogen-bond acceptors (Lipinski definition) is 3. The first kappa shape index (κ1) is 18.5. The van der Waals surface area contributed by atoms with Crippen LogP contribution in [0.2, 0.25) is 0 Å². The van der Waals surface area contributed by atoms with E-state index in [0.717, 1.165) is 23.7 Å². The highest BCUT2D eigenvalue weighted by Crippen LogP contribution is 2.34. The van der Waals surface area contributed by atoms with E-state index in [9.17, 15) is 0 Å².